The molecule has 3 N–H and O–H groups in total. The lowest BCUT2D eigenvalue weighted by atomic mass is 10.2. The predicted molar refractivity (Wildman–Crippen MR) is 87.7 cm³/mol. The molecular formula is C16H14ClN5. The Bertz CT molecular complexity index is 738. The molecule has 0 saturated carbocycles. The molecule has 5 nitrogen and oxygen atoms in total. The summed E-state index contributed by atoms with van der Waals surface area (Å²) in [5.41, 5.74) is 7.84. The van der Waals surface area contributed by atoms with Gasteiger partial charge in [-0.3, -0.25) is 0 Å². The second-order valence-electron chi connectivity index (χ2n) is 4.40. The molecule has 1 heterocycles. The van der Waals surface area contributed by atoms with Crippen LogP contribution in [0.1, 0.15) is 24.0 Å². The van der Waals surface area contributed by atoms with Crippen LogP contribution >= 0.6 is 11.6 Å². The van der Waals surface area contributed by atoms with Gasteiger partial charge in [-0.1, -0.05) is 11.8 Å². The molecule has 22 heavy (non-hydrogen) atoms. The molecule has 0 aliphatic carbocycles. The zero-order valence-corrected chi connectivity index (χ0v) is 12.6. The number of nitrogens with two attached hydrogens (primary N) is 1. The van der Waals surface area contributed by atoms with Crippen LogP contribution in [0, 0.1) is 23.2 Å². The Labute approximate surface area is 134 Å². The van der Waals surface area contributed by atoms with E-state index in [4.69, 9.17) is 22.6 Å². The summed E-state index contributed by atoms with van der Waals surface area (Å²) in [6, 6.07) is 9.03. The number of benzene rings is 1. The molecule has 0 fully saturated rings. The van der Waals surface area contributed by atoms with Crippen LogP contribution in [-0.2, 0) is 0 Å². The van der Waals surface area contributed by atoms with Gasteiger partial charge in [0.1, 0.15) is 5.82 Å². The summed E-state index contributed by atoms with van der Waals surface area (Å²) in [7, 11) is 0. The first-order valence-corrected chi connectivity index (χ1v) is 7.21. The molecule has 2 aromatic rings. The molecule has 1 aromatic carbocycles. The molecule has 0 bridgehead atoms. The highest BCUT2D eigenvalue weighted by Crippen LogP contribution is 2.15. The highest BCUT2D eigenvalue weighted by atomic mass is 35.5. The van der Waals surface area contributed by atoms with Crippen molar-refractivity contribution in [2.24, 2.45) is 0 Å². The Morgan fingerprint density at radius 2 is 2.05 bits per heavy atom. The number of nitrogen functional groups attached to an aromatic ring is 1. The van der Waals surface area contributed by atoms with Crippen LogP contribution in [0.5, 0.6) is 0 Å². The van der Waals surface area contributed by atoms with E-state index in [9.17, 15) is 0 Å². The lowest BCUT2D eigenvalue weighted by Crippen LogP contribution is -2.02. The van der Waals surface area contributed by atoms with Crippen LogP contribution in [0.4, 0.5) is 17.5 Å². The number of alkyl halides is 1. The minimum absolute atomic E-state index is 0.324. The summed E-state index contributed by atoms with van der Waals surface area (Å²) in [6.07, 6.45) is 3.14. The van der Waals surface area contributed by atoms with Gasteiger partial charge < -0.3 is 11.1 Å². The first-order chi connectivity index (χ1) is 10.7. The number of unbranched alkanes of at least 4 members (excludes halogenated alkanes) is 1. The SMILES string of the molecule is N#Cc1ccc(Nc2ncc(C#CCCCCl)c(N)n2)cc1. The Morgan fingerprint density at radius 1 is 1.27 bits per heavy atom. The van der Waals surface area contributed by atoms with Crippen molar-refractivity contribution in [3.8, 4) is 17.9 Å². The van der Waals surface area contributed by atoms with Gasteiger partial charge in [0, 0.05) is 18.0 Å². The molecule has 0 spiro atoms. The third-order valence-corrected chi connectivity index (χ3v) is 3.01. The van der Waals surface area contributed by atoms with Gasteiger partial charge in [0.15, 0.2) is 0 Å². The molecule has 2 rings (SSSR count). The van der Waals surface area contributed by atoms with Crippen molar-refractivity contribution in [2.45, 2.75) is 12.8 Å². The Hall–Kier alpha value is -2.76. The summed E-state index contributed by atoms with van der Waals surface area (Å²) < 4.78 is 0. The summed E-state index contributed by atoms with van der Waals surface area (Å²) in [4.78, 5) is 8.35. The van der Waals surface area contributed by atoms with Crippen LogP contribution in [0.3, 0.4) is 0 Å². The molecular weight excluding hydrogens is 298 g/mol. The standard InChI is InChI=1S/C16H14ClN5/c17-9-3-1-2-4-13-11-20-16(22-15(13)19)21-14-7-5-12(10-18)6-8-14/h5-8,11H,1,3,9H2,(H3,19,20,21,22). The molecule has 110 valence electrons. The van der Waals surface area contributed by atoms with E-state index in [1.807, 2.05) is 0 Å². The fraction of sp³-hybridized carbons (Fsp3) is 0.188. The van der Waals surface area contributed by atoms with Crippen LogP contribution in [-0.4, -0.2) is 15.8 Å². The lowest BCUT2D eigenvalue weighted by Gasteiger charge is -2.05. The summed E-state index contributed by atoms with van der Waals surface area (Å²) in [5.74, 6) is 7.21. The van der Waals surface area contributed by atoms with Crippen LogP contribution in [0.2, 0.25) is 0 Å². The highest BCUT2D eigenvalue weighted by molar-refractivity contribution is 6.17. The molecule has 0 amide bonds. The van der Waals surface area contributed by atoms with Gasteiger partial charge in [-0.05, 0) is 30.7 Å². The first-order valence-electron chi connectivity index (χ1n) is 6.67. The third kappa shape index (κ3) is 4.37. The number of hydrogen-bond acceptors (Lipinski definition) is 5. The van der Waals surface area contributed by atoms with E-state index in [1.165, 1.54) is 0 Å². The van der Waals surface area contributed by atoms with Gasteiger partial charge in [0.2, 0.25) is 5.95 Å². The van der Waals surface area contributed by atoms with Crippen molar-refractivity contribution in [3.63, 3.8) is 0 Å². The molecule has 0 aliphatic rings. The van der Waals surface area contributed by atoms with E-state index in [1.54, 1.807) is 30.5 Å². The number of hydrogen-bond donors (Lipinski definition) is 2. The molecule has 6 heteroatoms. The second-order valence-corrected chi connectivity index (χ2v) is 4.78. The van der Waals surface area contributed by atoms with Crippen molar-refractivity contribution in [3.05, 3.63) is 41.6 Å². The largest absolute Gasteiger partial charge is 0.382 e. The maximum atomic E-state index is 8.76. The Kier molecular flexibility index (Phi) is 5.59. The first kappa shape index (κ1) is 15.6. The number of anilines is 3. The molecule has 0 atom stereocenters. The summed E-state index contributed by atoms with van der Waals surface area (Å²) >= 11 is 5.59. The molecule has 0 unspecified atom stereocenters. The van der Waals surface area contributed by atoms with Gasteiger partial charge in [-0.25, -0.2) is 4.98 Å². The minimum Gasteiger partial charge on any atom is -0.382 e. The normalized spacial score (nSPS) is 9.45. The van der Waals surface area contributed by atoms with Crippen LogP contribution < -0.4 is 11.1 Å². The van der Waals surface area contributed by atoms with E-state index in [0.717, 1.165) is 12.1 Å². The van der Waals surface area contributed by atoms with Crippen molar-refractivity contribution in [1.82, 2.24) is 9.97 Å². The molecule has 0 saturated heterocycles. The van der Waals surface area contributed by atoms with Gasteiger partial charge in [-0.15, -0.1) is 11.6 Å². The van der Waals surface area contributed by atoms with Crippen LogP contribution in [0.15, 0.2) is 30.5 Å². The topological polar surface area (TPSA) is 87.6 Å². The molecule has 0 aliphatic heterocycles. The molecule has 0 radical (unpaired) electrons. The average molecular weight is 312 g/mol. The summed E-state index contributed by atoms with van der Waals surface area (Å²) in [6.45, 7) is 0. The highest BCUT2D eigenvalue weighted by Gasteiger charge is 2.03. The van der Waals surface area contributed by atoms with E-state index in [-0.39, 0.29) is 0 Å². The number of aromatic nitrogens is 2. The molecule has 1 aromatic heterocycles. The lowest BCUT2D eigenvalue weighted by molar-refractivity contribution is 0.991. The Morgan fingerprint density at radius 3 is 2.68 bits per heavy atom. The van der Waals surface area contributed by atoms with E-state index >= 15 is 0 Å². The van der Waals surface area contributed by atoms with E-state index < -0.39 is 0 Å². The minimum atomic E-state index is 0.324. The number of halogens is 1. The van der Waals surface area contributed by atoms with Gasteiger partial charge >= 0.3 is 0 Å². The monoisotopic (exact) mass is 311 g/mol. The fourth-order valence-corrected chi connectivity index (χ4v) is 1.76. The van der Waals surface area contributed by atoms with Crippen molar-refractivity contribution < 1.29 is 0 Å². The maximum absolute atomic E-state index is 8.76. The van der Waals surface area contributed by atoms with E-state index in [2.05, 4.69) is 33.2 Å². The van der Waals surface area contributed by atoms with Crippen molar-refractivity contribution >= 4 is 29.1 Å². The van der Waals surface area contributed by atoms with Gasteiger partial charge in [0.25, 0.3) is 0 Å². The smallest absolute Gasteiger partial charge is 0.229 e. The third-order valence-electron chi connectivity index (χ3n) is 2.75. The number of nitrogens with zero attached hydrogens (tertiary/aromatic N) is 3. The number of nitriles is 1. The van der Waals surface area contributed by atoms with Gasteiger partial charge in [0.05, 0.1) is 23.4 Å². The number of rotatable bonds is 4. The second kappa shape index (κ2) is 7.87. The van der Waals surface area contributed by atoms with Crippen LogP contribution in [0.25, 0.3) is 0 Å². The van der Waals surface area contributed by atoms with Gasteiger partial charge in [-0.2, -0.15) is 10.2 Å². The zero-order valence-electron chi connectivity index (χ0n) is 11.8. The zero-order chi connectivity index (χ0) is 15.8. The maximum Gasteiger partial charge on any atom is 0.229 e. The summed E-state index contributed by atoms with van der Waals surface area (Å²) in [5, 5.41) is 11.8. The average Bonchev–Trinajstić information content (AvgIpc) is 2.54. The van der Waals surface area contributed by atoms with Crippen molar-refractivity contribution in [2.75, 3.05) is 16.9 Å². The Balaban J connectivity index is 2.08. The fourth-order valence-electron chi connectivity index (χ4n) is 1.62. The van der Waals surface area contributed by atoms with Crippen molar-refractivity contribution in [1.29, 1.82) is 5.26 Å². The quantitative estimate of drug-likeness (QED) is 0.515. The number of nitrogens with one attached hydrogen (secondary N) is 1. The predicted octanol–water partition coefficient (Wildman–Crippen LogP) is 3.04. The van der Waals surface area contributed by atoms with E-state index in [0.29, 0.717) is 35.2 Å².